The van der Waals surface area contributed by atoms with Crippen LogP contribution in [0.3, 0.4) is 0 Å². The summed E-state index contributed by atoms with van der Waals surface area (Å²) in [7, 11) is 0. The van der Waals surface area contributed by atoms with Crippen LogP contribution >= 0.6 is 0 Å². The van der Waals surface area contributed by atoms with Crippen molar-refractivity contribution in [1.29, 1.82) is 0 Å². The Morgan fingerprint density at radius 3 is 2.88 bits per heavy atom. The summed E-state index contributed by atoms with van der Waals surface area (Å²) >= 11 is 0. The number of fused-ring (bicyclic) bond motifs is 2. The van der Waals surface area contributed by atoms with Gasteiger partial charge in [-0.25, -0.2) is 9.97 Å². The van der Waals surface area contributed by atoms with Crippen molar-refractivity contribution in [3.8, 4) is 11.8 Å². The Kier molecular flexibility index (Phi) is 3.63. The normalized spacial score (nSPS) is 15.3. The van der Waals surface area contributed by atoms with Gasteiger partial charge in [0.15, 0.2) is 0 Å². The van der Waals surface area contributed by atoms with Crippen LogP contribution in [-0.4, -0.2) is 20.1 Å². The number of ether oxygens (including phenoxy) is 1. The number of pyridine rings is 1. The van der Waals surface area contributed by atoms with Crippen molar-refractivity contribution in [3.05, 3.63) is 70.0 Å². The predicted octanol–water partition coefficient (Wildman–Crippen LogP) is 2.50. The van der Waals surface area contributed by atoms with Gasteiger partial charge in [0.2, 0.25) is 0 Å². The molecule has 0 amide bonds. The van der Waals surface area contributed by atoms with Gasteiger partial charge in [0, 0.05) is 11.8 Å². The van der Waals surface area contributed by atoms with E-state index in [1.165, 1.54) is 0 Å². The minimum Gasteiger partial charge on any atom is -0.366 e. The van der Waals surface area contributed by atoms with Crippen molar-refractivity contribution in [3.63, 3.8) is 0 Å². The van der Waals surface area contributed by atoms with Crippen molar-refractivity contribution in [2.24, 2.45) is 0 Å². The highest BCUT2D eigenvalue weighted by Crippen LogP contribution is 2.21. The van der Waals surface area contributed by atoms with Crippen LogP contribution in [0.25, 0.3) is 10.9 Å². The van der Waals surface area contributed by atoms with E-state index in [9.17, 15) is 4.79 Å². The Morgan fingerprint density at radius 2 is 2.08 bits per heavy atom. The highest BCUT2D eigenvalue weighted by molar-refractivity contribution is 5.79. The van der Waals surface area contributed by atoms with Crippen LogP contribution in [0.15, 0.2) is 47.4 Å². The van der Waals surface area contributed by atoms with Crippen molar-refractivity contribution in [2.75, 3.05) is 0 Å². The Hall–Kier alpha value is -2.97. The molecule has 0 unspecified atom stereocenters. The quantitative estimate of drug-likeness (QED) is 0.594. The van der Waals surface area contributed by atoms with Gasteiger partial charge in [0.05, 0.1) is 23.0 Å². The topological polar surface area (TPSA) is 57.0 Å². The van der Waals surface area contributed by atoms with Crippen LogP contribution in [0.5, 0.6) is 0 Å². The van der Waals surface area contributed by atoms with E-state index in [-0.39, 0.29) is 11.2 Å². The van der Waals surface area contributed by atoms with E-state index in [0.717, 1.165) is 5.56 Å². The van der Waals surface area contributed by atoms with Gasteiger partial charge in [-0.3, -0.25) is 9.36 Å². The molecule has 0 fully saturated rings. The molecule has 25 heavy (non-hydrogen) atoms. The van der Waals surface area contributed by atoms with Gasteiger partial charge in [0.25, 0.3) is 5.56 Å². The lowest BCUT2D eigenvalue weighted by Crippen LogP contribution is -2.42. The molecule has 0 bridgehead atoms. The average Bonchev–Trinajstić information content (AvgIpc) is 2.61. The second-order valence-corrected chi connectivity index (χ2v) is 6.66. The fourth-order valence-corrected chi connectivity index (χ4v) is 2.88. The summed E-state index contributed by atoms with van der Waals surface area (Å²) in [5.74, 6) is 6.75. The highest BCUT2D eigenvalue weighted by atomic mass is 16.5. The van der Waals surface area contributed by atoms with Crippen LogP contribution in [-0.2, 0) is 17.9 Å². The highest BCUT2D eigenvalue weighted by Gasteiger charge is 2.28. The molecule has 1 aromatic carbocycles. The van der Waals surface area contributed by atoms with Gasteiger partial charge in [-0.05, 0) is 50.1 Å². The monoisotopic (exact) mass is 331 g/mol. The molecule has 0 saturated heterocycles. The number of benzene rings is 1. The molecular formula is C20H17N3O2. The molecule has 0 atom stereocenters. The molecule has 0 spiro atoms. The smallest absolute Gasteiger partial charge is 0.261 e. The SMILES string of the molecule is CC1(C)Cn2c(nc3cc(C#Cc4ccccn4)ccc3c2=O)CO1. The van der Waals surface area contributed by atoms with E-state index < -0.39 is 0 Å². The Bertz CT molecular complexity index is 1070. The second-order valence-electron chi connectivity index (χ2n) is 6.66. The zero-order valence-corrected chi connectivity index (χ0v) is 14.1. The summed E-state index contributed by atoms with van der Waals surface area (Å²) in [4.78, 5) is 21.6. The summed E-state index contributed by atoms with van der Waals surface area (Å²) in [5, 5.41) is 0.602. The Labute approximate surface area is 145 Å². The molecule has 1 aliphatic heterocycles. The van der Waals surface area contributed by atoms with E-state index in [1.54, 1.807) is 16.8 Å². The first-order valence-electron chi connectivity index (χ1n) is 8.12. The van der Waals surface area contributed by atoms with Gasteiger partial charge >= 0.3 is 0 Å². The van der Waals surface area contributed by atoms with E-state index in [2.05, 4.69) is 21.8 Å². The molecule has 4 rings (SSSR count). The van der Waals surface area contributed by atoms with Crippen molar-refractivity contribution in [1.82, 2.24) is 14.5 Å². The van der Waals surface area contributed by atoms with Crippen LogP contribution in [0.2, 0.25) is 0 Å². The molecular weight excluding hydrogens is 314 g/mol. The molecule has 3 aromatic rings. The van der Waals surface area contributed by atoms with Crippen molar-refractivity contribution < 1.29 is 4.74 Å². The first-order valence-corrected chi connectivity index (χ1v) is 8.12. The summed E-state index contributed by atoms with van der Waals surface area (Å²) in [6.45, 7) is 4.79. The average molecular weight is 331 g/mol. The number of hydrogen-bond acceptors (Lipinski definition) is 4. The second kappa shape index (κ2) is 5.83. The number of hydrogen-bond donors (Lipinski definition) is 0. The molecule has 2 aromatic heterocycles. The molecule has 0 radical (unpaired) electrons. The van der Waals surface area contributed by atoms with Gasteiger partial charge in [-0.15, -0.1) is 0 Å². The minimum absolute atomic E-state index is 0.0272. The fourth-order valence-electron chi connectivity index (χ4n) is 2.88. The number of aromatic nitrogens is 3. The molecule has 1 aliphatic rings. The first kappa shape index (κ1) is 15.6. The zero-order chi connectivity index (χ0) is 17.4. The lowest BCUT2D eigenvalue weighted by molar-refractivity contribution is -0.0663. The van der Waals surface area contributed by atoms with E-state index in [0.29, 0.717) is 35.6 Å². The third-order valence-corrected chi connectivity index (χ3v) is 4.17. The number of rotatable bonds is 0. The molecule has 5 heteroatoms. The molecule has 5 nitrogen and oxygen atoms in total. The largest absolute Gasteiger partial charge is 0.366 e. The van der Waals surface area contributed by atoms with Crippen LogP contribution in [0.1, 0.15) is 30.9 Å². The molecule has 3 heterocycles. The van der Waals surface area contributed by atoms with E-state index in [1.807, 2.05) is 44.2 Å². The summed E-state index contributed by atoms with van der Waals surface area (Å²) in [6, 6.07) is 11.1. The summed E-state index contributed by atoms with van der Waals surface area (Å²) in [5.41, 5.74) is 1.76. The molecule has 0 N–H and O–H groups in total. The predicted molar refractivity (Wildman–Crippen MR) is 95.1 cm³/mol. The third-order valence-electron chi connectivity index (χ3n) is 4.17. The van der Waals surface area contributed by atoms with Gasteiger partial charge in [0.1, 0.15) is 18.1 Å². The van der Waals surface area contributed by atoms with Crippen molar-refractivity contribution in [2.45, 2.75) is 32.6 Å². The van der Waals surface area contributed by atoms with Gasteiger partial charge < -0.3 is 4.74 Å². The van der Waals surface area contributed by atoms with E-state index in [4.69, 9.17) is 4.74 Å². The maximum atomic E-state index is 12.8. The lowest BCUT2D eigenvalue weighted by atomic mass is 10.1. The Morgan fingerprint density at radius 1 is 1.20 bits per heavy atom. The van der Waals surface area contributed by atoms with Crippen LogP contribution < -0.4 is 5.56 Å². The number of nitrogens with zero attached hydrogens (tertiary/aromatic N) is 3. The van der Waals surface area contributed by atoms with E-state index >= 15 is 0 Å². The summed E-state index contributed by atoms with van der Waals surface area (Å²) in [6.07, 6.45) is 1.71. The standard InChI is InChI=1S/C20H17N3O2/c1-20(2)13-23-18(12-25-20)22-17-11-14(7-9-16(17)19(23)24)6-8-15-5-3-4-10-21-15/h3-5,7,9-11H,12-13H2,1-2H3. The zero-order valence-electron chi connectivity index (χ0n) is 14.1. The van der Waals surface area contributed by atoms with Gasteiger partial charge in [-0.2, -0.15) is 0 Å². The summed E-state index contributed by atoms with van der Waals surface area (Å²) < 4.78 is 7.49. The Balaban J connectivity index is 1.78. The molecule has 124 valence electrons. The maximum absolute atomic E-state index is 12.8. The van der Waals surface area contributed by atoms with Gasteiger partial charge in [-0.1, -0.05) is 12.0 Å². The maximum Gasteiger partial charge on any atom is 0.261 e. The molecule has 0 aliphatic carbocycles. The third kappa shape index (κ3) is 3.04. The fraction of sp³-hybridized carbons (Fsp3) is 0.250. The minimum atomic E-state index is -0.361. The van der Waals surface area contributed by atoms with Crippen LogP contribution in [0, 0.1) is 11.8 Å². The van der Waals surface area contributed by atoms with Crippen molar-refractivity contribution >= 4 is 10.9 Å². The molecule has 0 saturated carbocycles. The lowest BCUT2D eigenvalue weighted by Gasteiger charge is -2.32. The van der Waals surface area contributed by atoms with Crippen LogP contribution in [0.4, 0.5) is 0 Å². The first-order chi connectivity index (χ1) is 12.0.